The molecular formula is C20H23N3O. The van der Waals surface area contributed by atoms with E-state index in [1.54, 1.807) is 0 Å². The minimum absolute atomic E-state index is 0.0162. The molecule has 0 aliphatic carbocycles. The van der Waals surface area contributed by atoms with Crippen LogP contribution in [0.3, 0.4) is 0 Å². The van der Waals surface area contributed by atoms with E-state index in [2.05, 4.69) is 39.5 Å². The first-order valence-electron chi connectivity index (χ1n) is 8.17. The van der Waals surface area contributed by atoms with Crippen molar-refractivity contribution in [1.29, 1.82) is 0 Å². The molecule has 0 atom stereocenters. The number of benzene rings is 2. The highest BCUT2D eigenvalue weighted by atomic mass is 16.3. The van der Waals surface area contributed by atoms with Crippen molar-refractivity contribution in [3.8, 4) is 0 Å². The number of hydrogen-bond donors (Lipinski definition) is 2. The Labute approximate surface area is 142 Å². The molecule has 0 saturated heterocycles. The standard InChI is InChI=1S/C20H23N3O/c1-23(2)18-9-7-15(8-10-18)11-12-21-20-17(14-24)13-16-5-3-4-6-19(16)22-20/h3-10,13,24H,11-12,14H2,1-2H3,(H,21,22). The van der Waals surface area contributed by atoms with E-state index >= 15 is 0 Å². The van der Waals surface area contributed by atoms with Gasteiger partial charge in [0.15, 0.2) is 0 Å². The van der Waals surface area contributed by atoms with Crippen molar-refractivity contribution in [2.24, 2.45) is 0 Å². The first-order chi connectivity index (χ1) is 11.7. The van der Waals surface area contributed by atoms with Crippen LogP contribution in [0.25, 0.3) is 10.9 Å². The topological polar surface area (TPSA) is 48.4 Å². The van der Waals surface area contributed by atoms with Crippen molar-refractivity contribution >= 4 is 22.4 Å². The third-order valence-corrected chi connectivity index (χ3v) is 4.13. The summed E-state index contributed by atoms with van der Waals surface area (Å²) in [7, 11) is 4.08. The second kappa shape index (κ2) is 7.32. The molecule has 0 spiro atoms. The summed E-state index contributed by atoms with van der Waals surface area (Å²) in [6.07, 6.45) is 0.910. The molecule has 2 N–H and O–H groups in total. The minimum atomic E-state index is -0.0162. The molecule has 4 nitrogen and oxygen atoms in total. The lowest BCUT2D eigenvalue weighted by Crippen LogP contribution is -2.10. The zero-order chi connectivity index (χ0) is 16.9. The first-order valence-corrected chi connectivity index (χ1v) is 8.17. The average molecular weight is 321 g/mol. The van der Waals surface area contributed by atoms with Crippen LogP contribution >= 0.6 is 0 Å². The Hall–Kier alpha value is -2.59. The summed E-state index contributed by atoms with van der Waals surface area (Å²) in [5.74, 6) is 0.765. The summed E-state index contributed by atoms with van der Waals surface area (Å²) in [6.45, 7) is 0.761. The number of fused-ring (bicyclic) bond motifs is 1. The number of hydrogen-bond acceptors (Lipinski definition) is 4. The lowest BCUT2D eigenvalue weighted by atomic mass is 10.1. The smallest absolute Gasteiger partial charge is 0.132 e. The van der Waals surface area contributed by atoms with Crippen LogP contribution in [0.4, 0.5) is 11.5 Å². The van der Waals surface area contributed by atoms with E-state index in [9.17, 15) is 5.11 Å². The number of aromatic nitrogens is 1. The van der Waals surface area contributed by atoms with E-state index in [0.717, 1.165) is 35.2 Å². The minimum Gasteiger partial charge on any atom is -0.392 e. The van der Waals surface area contributed by atoms with E-state index in [-0.39, 0.29) is 6.61 Å². The monoisotopic (exact) mass is 321 g/mol. The number of aliphatic hydroxyl groups excluding tert-OH is 1. The van der Waals surface area contributed by atoms with Crippen LogP contribution in [0.5, 0.6) is 0 Å². The van der Waals surface area contributed by atoms with E-state index in [1.807, 2.05) is 44.4 Å². The molecule has 2 aromatic carbocycles. The maximum absolute atomic E-state index is 9.59. The van der Waals surface area contributed by atoms with E-state index in [1.165, 1.54) is 11.3 Å². The van der Waals surface area contributed by atoms with Gasteiger partial charge < -0.3 is 15.3 Å². The molecule has 0 aliphatic heterocycles. The predicted octanol–water partition coefficient (Wildman–Crippen LogP) is 3.45. The third-order valence-electron chi connectivity index (χ3n) is 4.13. The van der Waals surface area contributed by atoms with E-state index < -0.39 is 0 Å². The molecule has 1 aromatic heterocycles. The highest BCUT2D eigenvalue weighted by molar-refractivity contribution is 5.81. The maximum atomic E-state index is 9.59. The van der Waals surface area contributed by atoms with Gasteiger partial charge in [0.25, 0.3) is 0 Å². The molecule has 3 aromatic rings. The summed E-state index contributed by atoms with van der Waals surface area (Å²) >= 11 is 0. The van der Waals surface area contributed by atoms with Gasteiger partial charge in [0, 0.05) is 37.3 Å². The Morgan fingerprint density at radius 2 is 1.79 bits per heavy atom. The van der Waals surface area contributed by atoms with Crippen LogP contribution in [-0.4, -0.2) is 30.7 Å². The van der Waals surface area contributed by atoms with E-state index in [0.29, 0.717) is 0 Å². The molecule has 0 amide bonds. The molecule has 0 radical (unpaired) electrons. The molecule has 0 bridgehead atoms. The lowest BCUT2D eigenvalue weighted by Gasteiger charge is -2.13. The normalized spacial score (nSPS) is 10.8. The van der Waals surface area contributed by atoms with Crippen molar-refractivity contribution in [2.45, 2.75) is 13.0 Å². The third kappa shape index (κ3) is 3.66. The van der Waals surface area contributed by atoms with Crippen molar-refractivity contribution in [3.05, 3.63) is 65.7 Å². The van der Waals surface area contributed by atoms with Crippen LogP contribution in [0.15, 0.2) is 54.6 Å². The first kappa shape index (κ1) is 16.3. The molecule has 24 heavy (non-hydrogen) atoms. The van der Waals surface area contributed by atoms with E-state index in [4.69, 9.17) is 0 Å². The quantitative estimate of drug-likeness (QED) is 0.730. The van der Waals surface area contributed by atoms with Gasteiger partial charge in [-0.15, -0.1) is 0 Å². The van der Waals surface area contributed by atoms with Gasteiger partial charge in [-0.3, -0.25) is 0 Å². The van der Waals surface area contributed by atoms with Crippen LogP contribution in [0.1, 0.15) is 11.1 Å². The zero-order valence-corrected chi connectivity index (χ0v) is 14.2. The summed E-state index contributed by atoms with van der Waals surface area (Å²) in [6, 6.07) is 18.5. The number of para-hydroxylation sites is 1. The highest BCUT2D eigenvalue weighted by Crippen LogP contribution is 2.20. The molecule has 0 saturated carbocycles. The van der Waals surface area contributed by atoms with Gasteiger partial charge in [0.1, 0.15) is 5.82 Å². The molecule has 3 rings (SSSR count). The second-order valence-electron chi connectivity index (χ2n) is 6.08. The molecule has 4 heteroatoms. The van der Waals surface area contributed by atoms with Crippen molar-refractivity contribution in [1.82, 2.24) is 4.98 Å². The molecule has 0 unspecified atom stereocenters. The molecule has 1 heterocycles. The highest BCUT2D eigenvalue weighted by Gasteiger charge is 2.06. The number of rotatable bonds is 6. The lowest BCUT2D eigenvalue weighted by molar-refractivity contribution is 0.282. The molecule has 124 valence electrons. The number of pyridine rings is 1. The fourth-order valence-electron chi connectivity index (χ4n) is 2.72. The maximum Gasteiger partial charge on any atom is 0.132 e. The van der Waals surface area contributed by atoms with Crippen LogP contribution in [0, 0.1) is 0 Å². The average Bonchev–Trinajstić information content (AvgIpc) is 2.61. The number of aliphatic hydroxyl groups is 1. The van der Waals surface area contributed by atoms with Gasteiger partial charge in [-0.1, -0.05) is 30.3 Å². The summed E-state index contributed by atoms with van der Waals surface area (Å²) in [5.41, 5.74) is 4.24. The second-order valence-corrected chi connectivity index (χ2v) is 6.08. The fourth-order valence-corrected chi connectivity index (χ4v) is 2.72. The van der Waals surface area contributed by atoms with Crippen molar-refractivity contribution in [2.75, 3.05) is 30.9 Å². The Balaban J connectivity index is 1.68. The summed E-state index contributed by atoms with van der Waals surface area (Å²) in [5, 5.41) is 14.0. The number of anilines is 2. The van der Waals surface area contributed by atoms with Crippen LogP contribution in [0.2, 0.25) is 0 Å². The molecule has 0 fully saturated rings. The Morgan fingerprint density at radius 1 is 1.04 bits per heavy atom. The van der Waals surface area contributed by atoms with Crippen molar-refractivity contribution < 1.29 is 5.11 Å². The Bertz CT molecular complexity index is 813. The van der Waals surface area contributed by atoms with Crippen LogP contribution in [-0.2, 0) is 13.0 Å². The molecule has 0 aliphatic rings. The predicted molar refractivity (Wildman–Crippen MR) is 101 cm³/mol. The van der Waals surface area contributed by atoms with Gasteiger partial charge in [0.2, 0.25) is 0 Å². The summed E-state index contributed by atoms with van der Waals surface area (Å²) < 4.78 is 0. The van der Waals surface area contributed by atoms with Gasteiger partial charge in [-0.25, -0.2) is 4.98 Å². The largest absolute Gasteiger partial charge is 0.392 e. The molecular weight excluding hydrogens is 298 g/mol. The van der Waals surface area contributed by atoms with Crippen molar-refractivity contribution in [3.63, 3.8) is 0 Å². The SMILES string of the molecule is CN(C)c1ccc(CCNc2nc3ccccc3cc2CO)cc1. The fraction of sp³-hybridized carbons (Fsp3) is 0.250. The number of nitrogens with zero attached hydrogens (tertiary/aromatic N) is 2. The van der Waals surface area contributed by atoms with Crippen LogP contribution < -0.4 is 10.2 Å². The Morgan fingerprint density at radius 3 is 2.50 bits per heavy atom. The van der Waals surface area contributed by atoms with Gasteiger partial charge in [0.05, 0.1) is 12.1 Å². The van der Waals surface area contributed by atoms with Gasteiger partial charge in [-0.05, 0) is 36.2 Å². The van der Waals surface area contributed by atoms with Gasteiger partial charge >= 0.3 is 0 Å². The Kier molecular flexibility index (Phi) is 4.96. The zero-order valence-electron chi connectivity index (χ0n) is 14.2. The summed E-state index contributed by atoms with van der Waals surface area (Å²) in [4.78, 5) is 6.73. The number of nitrogens with one attached hydrogen (secondary N) is 1. The van der Waals surface area contributed by atoms with Gasteiger partial charge in [-0.2, -0.15) is 0 Å².